The van der Waals surface area contributed by atoms with Gasteiger partial charge in [-0.2, -0.15) is 0 Å². The van der Waals surface area contributed by atoms with Crippen molar-refractivity contribution in [1.82, 2.24) is 5.32 Å². The normalized spacial score (nSPS) is 11.6. The number of carbonyl (C=O) groups excluding carboxylic acids is 2. The molecule has 2 aromatic carbocycles. The van der Waals surface area contributed by atoms with Crippen molar-refractivity contribution in [3.63, 3.8) is 0 Å². The van der Waals surface area contributed by atoms with Gasteiger partial charge in [0, 0.05) is 12.8 Å². The van der Waals surface area contributed by atoms with Crippen molar-refractivity contribution in [3.05, 3.63) is 65.7 Å². The van der Waals surface area contributed by atoms with E-state index in [1.54, 1.807) is 31.2 Å². The number of hydrogen-bond acceptors (Lipinski definition) is 4. The Labute approximate surface area is 147 Å². The lowest BCUT2D eigenvalue weighted by atomic mass is 10.1. The average Bonchev–Trinajstić information content (AvgIpc) is 2.62. The zero-order chi connectivity index (χ0) is 18.1. The second-order valence-corrected chi connectivity index (χ2v) is 5.73. The van der Waals surface area contributed by atoms with Gasteiger partial charge in [0.2, 0.25) is 5.91 Å². The molecule has 0 aliphatic heterocycles. The maximum atomic E-state index is 12.2. The highest BCUT2D eigenvalue weighted by Gasteiger charge is 2.22. The van der Waals surface area contributed by atoms with E-state index in [2.05, 4.69) is 5.32 Å². The summed E-state index contributed by atoms with van der Waals surface area (Å²) in [6.07, 6.45) is 1.19. The van der Waals surface area contributed by atoms with Gasteiger partial charge in [-0.25, -0.2) is 4.79 Å². The molecule has 5 heteroatoms. The lowest BCUT2D eigenvalue weighted by Gasteiger charge is -2.17. The van der Waals surface area contributed by atoms with Crippen LogP contribution in [0.2, 0.25) is 0 Å². The zero-order valence-electron chi connectivity index (χ0n) is 14.3. The number of benzene rings is 2. The Morgan fingerprint density at radius 2 is 1.72 bits per heavy atom. The molecule has 0 bridgehead atoms. The number of esters is 1. The monoisotopic (exact) mass is 341 g/mol. The fraction of sp³-hybridized carbons (Fsp3) is 0.300. The molecule has 0 spiro atoms. The molecule has 2 N–H and O–H groups in total. The van der Waals surface area contributed by atoms with E-state index in [4.69, 9.17) is 4.74 Å². The topological polar surface area (TPSA) is 75.6 Å². The van der Waals surface area contributed by atoms with Crippen molar-refractivity contribution in [2.24, 2.45) is 0 Å². The molecule has 132 valence electrons. The maximum Gasteiger partial charge on any atom is 0.328 e. The summed E-state index contributed by atoms with van der Waals surface area (Å²) in [5.41, 5.74) is 1.91. The van der Waals surface area contributed by atoms with Gasteiger partial charge in [0.15, 0.2) is 0 Å². The highest BCUT2D eigenvalue weighted by molar-refractivity contribution is 5.84. The number of aromatic hydroxyl groups is 1. The predicted octanol–water partition coefficient (Wildman–Crippen LogP) is 2.62. The van der Waals surface area contributed by atoms with E-state index in [1.165, 1.54) is 0 Å². The number of phenols is 1. The second kappa shape index (κ2) is 9.47. The highest BCUT2D eigenvalue weighted by Crippen LogP contribution is 2.11. The Morgan fingerprint density at radius 3 is 2.36 bits per heavy atom. The van der Waals surface area contributed by atoms with Crippen LogP contribution in [0.3, 0.4) is 0 Å². The molecule has 5 nitrogen and oxygen atoms in total. The summed E-state index contributed by atoms with van der Waals surface area (Å²) in [4.78, 5) is 24.4. The van der Waals surface area contributed by atoms with Crippen LogP contribution in [0.15, 0.2) is 54.6 Å². The standard InChI is InChI=1S/C20H23NO4/c1-2-25-20(24)18(14-16-6-4-3-5-7-16)21-19(23)13-10-15-8-11-17(22)12-9-15/h3-9,11-12,18,22H,2,10,13-14H2,1H3,(H,21,23). The number of rotatable bonds is 8. The fourth-order valence-electron chi connectivity index (χ4n) is 2.47. The van der Waals surface area contributed by atoms with Crippen molar-refractivity contribution in [2.75, 3.05) is 6.61 Å². The second-order valence-electron chi connectivity index (χ2n) is 5.73. The van der Waals surface area contributed by atoms with Gasteiger partial charge in [-0.3, -0.25) is 4.79 Å². The number of phenolic OH excluding ortho intramolecular Hbond substituents is 1. The van der Waals surface area contributed by atoms with Crippen LogP contribution in [-0.2, 0) is 27.2 Å². The van der Waals surface area contributed by atoms with E-state index in [0.717, 1.165) is 11.1 Å². The number of nitrogens with one attached hydrogen (secondary N) is 1. The summed E-state index contributed by atoms with van der Waals surface area (Å²) in [7, 11) is 0. The van der Waals surface area contributed by atoms with E-state index in [1.807, 2.05) is 30.3 Å². The van der Waals surface area contributed by atoms with Crippen LogP contribution in [-0.4, -0.2) is 29.6 Å². The smallest absolute Gasteiger partial charge is 0.328 e. The first-order valence-electron chi connectivity index (χ1n) is 8.36. The third-order valence-electron chi connectivity index (χ3n) is 3.77. The van der Waals surface area contributed by atoms with E-state index in [-0.39, 0.29) is 24.7 Å². The van der Waals surface area contributed by atoms with E-state index < -0.39 is 12.0 Å². The molecule has 0 aliphatic rings. The van der Waals surface area contributed by atoms with Crippen LogP contribution >= 0.6 is 0 Å². The first-order valence-corrected chi connectivity index (χ1v) is 8.36. The summed E-state index contributed by atoms with van der Waals surface area (Å²) in [5.74, 6) is -0.440. The van der Waals surface area contributed by atoms with Gasteiger partial charge in [0.05, 0.1) is 6.61 Å². The molecule has 0 fully saturated rings. The molecule has 2 aromatic rings. The van der Waals surface area contributed by atoms with Crippen molar-refractivity contribution < 1.29 is 19.4 Å². The summed E-state index contributed by atoms with van der Waals surface area (Å²) >= 11 is 0. The van der Waals surface area contributed by atoms with Crippen molar-refractivity contribution in [3.8, 4) is 5.75 Å². The molecule has 0 aromatic heterocycles. The molecule has 0 saturated heterocycles. The van der Waals surface area contributed by atoms with Gasteiger partial charge in [-0.05, 0) is 36.6 Å². The minimum absolute atomic E-state index is 0.193. The van der Waals surface area contributed by atoms with Crippen molar-refractivity contribution in [1.29, 1.82) is 0 Å². The molecule has 0 aliphatic carbocycles. The lowest BCUT2D eigenvalue weighted by molar-refractivity contribution is -0.147. The number of amides is 1. The van der Waals surface area contributed by atoms with Crippen LogP contribution in [0.1, 0.15) is 24.5 Å². The van der Waals surface area contributed by atoms with Gasteiger partial charge in [0.1, 0.15) is 11.8 Å². The average molecular weight is 341 g/mol. The minimum atomic E-state index is -0.699. The van der Waals surface area contributed by atoms with Crippen LogP contribution in [0.25, 0.3) is 0 Å². The highest BCUT2D eigenvalue weighted by atomic mass is 16.5. The Bertz CT molecular complexity index is 683. The third kappa shape index (κ3) is 6.30. The van der Waals surface area contributed by atoms with Gasteiger partial charge in [-0.15, -0.1) is 0 Å². The fourth-order valence-corrected chi connectivity index (χ4v) is 2.47. The van der Waals surface area contributed by atoms with E-state index in [9.17, 15) is 14.7 Å². The Kier molecular flexibility index (Phi) is 7.01. The van der Waals surface area contributed by atoms with Crippen LogP contribution in [0.5, 0.6) is 5.75 Å². The molecule has 0 heterocycles. The van der Waals surface area contributed by atoms with E-state index >= 15 is 0 Å². The number of aryl methyl sites for hydroxylation is 1. The summed E-state index contributed by atoms with van der Waals surface area (Å²) in [6.45, 7) is 2.01. The Hall–Kier alpha value is -2.82. The van der Waals surface area contributed by atoms with Gasteiger partial charge >= 0.3 is 5.97 Å². The van der Waals surface area contributed by atoms with Crippen molar-refractivity contribution in [2.45, 2.75) is 32.2 Å². The predicted molar refractivity (Wildman–Crippen MR) is 95.1 cm³/mol. The maximum absolute atomic E-state index is 12.2. The SMILES string of the molecule is CCOC(=O)C(Cc1ccccc1)NC(=O)CCc1ccc(O)cc1. The largest absolute Gasteiger partial charge is 0.508 e. The molecule has 25 heavy (non-hydrogen) atoms. The summed E-state index contributed by atoms with van der Waals surface area (Å²) in [5, 5.41) is 12.0. The quantitative estimate of drug-likeness (QED) is 0.724. The van der Waals surface area contributed by atoms with Crippen molar-refractivity contribution >= 4 is 11.9 Å². The van der Waals surface area contributed by atoms with E-state index in [0.29, 0.717) is 12.8 Å². The first-order chi connectivity index (χ1) is 12.1. The van der Waals surface area contributed by atoms with Gasteiger partial charge < -0.3 is 15.2 Å². The molecule has 1 unspecified atom stereocenters. The Balaban J connectivity index is 1.93. The molecule has 1 atom stereocenters. The molecular weight excluding hydrogens is 318 g/mol. The Morgan fingerprint density at radius 1 is 1.04 bits per heavy atom. The lowest BCUT2D eigenvalue weighted by Crippen LogP contribution is -2.43. The van der Waals surface area contributed by atoms with Crippen LogP contribution in [0, 0.1) is 0 Å². The van der Waals surface area contributed by atoms with Crippen LogP contribution in [0.4, 0.5) is 0 Å². The summed E-state index contributed by atoms with van der Waals surface area (Å²) < 4.78 is 5.07. The third-order valence-corrected chi connectivity index (χ3v) is 3.77. The first kappa shape index (κ1) is 18.5. The van der Waals surface area contributed by atoms with Gasteiger partial charge in [0.25, 0.3) is 0 Å². The summed E-state index contributed by atoms with van der Waals surface area (Å²) in [6, 6.07) is 15.5. The number of ether oxygens (including phenoxy) is 1. The van der Waals surface area contributed by atoms with Crippen LogP contribution < -0.4 is 5.32 Å². The molecule has 2 rings (SSSR count). The van der Waals surface area contributed by atoms with Gasteiger partial charge in [-0.1, -0.05) is 42.5 Å². The number of hydrogen-bond donors (Lipinski definition) is 2. The molecule has 0 saturated carbocycles. The molecule has 0 radical (unpaired) electrons. The minimum Gasteiger partial charge on any atom is -0.508 e. The molecule has 1 amide bonds. The number of carbonyl (C=O) groups is 2. The zero-order valence-corrected chi connectivity index (χ0v) is 14.3. The molecular formula is C20H23NO4.